The predicted octanol–water partition coefficient (Wildman–Crippen LogP) is 2.15. The summed E-state index contributed by atoms with van der Waals surface area (Å²) >= 11 is 0. The lowest BCUT2D eigenvalue weighted by Gasteiger charge is -2.40. The number of carbonyl (C=O) groups is 2. The van der Waals surface area contributed by atoms with Crippen LogP contribution in [0.25, 0.3) is 0 Å². The van der Waals surface area contributed by atoms with E-state index in [0.717, 1.165) is 5.69 Å². The molecule has 4 heteroatoms. The molecule has 1 aromatic rings. The van der Waals surface area contributed by atoms with Gasteiger partial charge >= 0.3 is 5.97 Å². The van der Waals surface area contributed by atoms with Gasteiger partial charge in [0.25, 0.3) is 0 Å². The molecule has 0 saturated carbocycles. The quantitative estimate of drug-likeness (QED) is 0.871. The second-order valence-electron chi connectivity index (χ2n) is 4.89. The highest BCUT2D eigenvalue weighted by atomic mass is 16.4. The molecule has 1 fully saturated rings. The van der Waals surface area contributed by atoms with Crippen molar-refractivity contribution in [2.75, 3.05) is 4.90 Å². The summed E-state index contributed by atoms with van der Waals surface area (Å²) in [6.45, 7) is 3.63. The third kappa shape index (κ3) is 2.10. The van der Waals surface area contributed by atoms with Gasteiger partial charge in [-0.15, -0.1) is 0 Å². The topological polar surface area (TPSA) is 57.6 Å². The van der Waals surface area contributed by atoms with E-state index in [2.05, 4.69) is 0 Å². The van der Waals surface area contributed by atoms with Crippen molar-refractivity contribution in [1.82, 2.24) is 0 Å². The van der Waals surface area contributed by atoms with E-state index in [-0.39, 0.29) is 24.3 Å². The number of piperidine rings is 1. The number of carboxylic acid groups (broad SMARTS) is 1. The van der Waals surface area contributed by atoms with Crippen molar-refractivity contribution in [1.29, 1.82) is 0 Å². The lowest BCUT2D eigenvalue weighted by Crippen LogP contribution is -2.53. The average molecular weight is 247 g/mol. The molecule has 3 atom stereocenters. The van der Waals surface area contributed by atoms with Crippen molar-refractivity contribution in [3.8, 4) is 0 Å². The number of nitrogens with zero attached hydrogens (tertiary/aromatic N) is 1. The van der Waals surface area contributed by atoms with Gasteiger partial charge in [0.05, 0.1) is 5.92 Å². The minimum atomic E-state index is -0.830. The number of carboxylic acids is 1. The summed E-state index contributed by atoms with van der Waals surface area (Å²) in [7, 11) is 0. The largest absolute Gasteiger partial charge is 0.481 e. The van der Waals surface area contributed by atoms with E-state index in [1.54, 1.807) is 11.8 Å². The van der Waals surface area contributed by atoms with E-state index in [0.29, 0.717) is 0 Å². The van der Waals surface area contributed by atoms with Gasteiger partial charge in [-0.25, -0.2) is 0 Å². The Balaban J connectivity index is 2.35. The number of amides is 1. The Bertz CT molecular complexity index is 457. The molecule has 1 saturated heterocycles. The molecular weight excluding hydrogens is 230 g/mol. The Morgan fingerprint density at radius 1 is 1.28 bits per heavy atom. The van der Waals surface area contributed by atoms with Gasteiger partial charge in [-0.05, 0) is 25.0 Å². The Kier molecular flexibility index (Phi) is 3.36. The fourth-order valence-electron chi connectivity index (χ4n) is 2.78. The molecule has 1 aromatic carbocycles. The first kappa shape index (κ1) is 12.6. The molecule has 18 heavy (non-hydrogen) atoms. The highest BCUT2D eigenvalue weighted by Gasteiger charge is 2.42. The van der Waals surface area contributed by atoms with E-state index < -0.39 is 11.9 Å². The van der Waals surface area contributed by atoms with Crippen molar-refractivity contribution >= 4 is 17.6 Å². The van der Waals surface area contributed by atoms with Gasteiger partial charge in [0.2, 0.25) is 5.91 Å². The maximum absolute atomic E-state index is 12.1. The standard InChI is InChI=1S/C14H17NO3/c1-9-8-12(16)15(10(2)13(9)14(17)18)11-6-4-3-5-7-11/h3-7,9-10,13H,8H2,1-2H3,(H,17,18). The lowest BCUT2D eigenvalue weighted by molar-refractivity contribution is -0.146. The molecule has 4 nitrogen and oxygen atoms in total. The highest BCUT2D eigenvalue weighted by Crippen LogP contribution is 2.33. The van der Waals surface area contributed by atoms with Crippen LogP contribution < -0.4 is 4.90 Å². The van der Waals surface area contributed by atoms with Gasteiger partial charge < -0.3 is 10.0 Å². The molecule has 1 heterocycles. The van der Waals surface area contributed by atoms with Crippen LogP contribution in [0, 0.1) is 11.8 Å². The first-order valence-electron chi connectivity index (χ1n) is 6.12. The number of hydrogen-bond donors (Lipinski definition) is 1. The maximum atomic E-state index is 12.1. The van der Waals surface area contributed by atoms with Crippen LogP contribution in [0.5, 0.6) is 0 Å². The van der Waals surface area contributed by atoms with Crippen molar-refractivity contribution in [3.05, 3.63) is 30.3 Å². The summed E-state index contributed by atoms with van der Waals surface area (Å²) in [5.74, 6) is -1.46. The molecule has 1 aliphatic heterocycles. The molecule has 0 aliphatic carbocycles. The number of carbonyl (C=O) groups excluding carboxylic acids is 1. The van der Waals surface area contributed by atoms with Crippen LogP contribution >= 0.6 is 0 Å². The zero-order valence-corrected chi connectivity index (χ0v) is 10.5. The molecular formula is C14H17NO3. The predicted molar refractivity (Wildman–Crippen MR) is 68.3 cm³/mol. The number of benzene rings is 1. The summed E-state index contributed by atoms with van der Waals surface area (Å²) in [4.78, 5) is 25.0. The summed E-state index contributed by atoms with van der Waals surface area (Å²) < 4.78 is 0. The van der Waals surface area contributed by atoms with Gasteiger partial charge in [-0.2, -0.15) is 0 Å². The van der Waals surface area contributed by atoms with Crippen LogP contribution in [0.4, 0.5) is 5.69 Å². The summed E-state index contributed by atoms with van der Waals surface area (Å²) in [5, 5.41) is 9.29. The molecule has 0 aromatic heterocycles. The molecule has 96 valence electrons. The number of anilines is 1. The molecule has 1 N–H and O–H groups in total. The zero-order chi connectivity index (χ0) is 13.3. The Labute approximate surface area is 106 Å². The minimum Gasteiger partial charge on any atom is -0.481 e. The van der Waals surface area contributed by atoms with Gasteiger partial charge in [-0.1, -0.05) is 25.1 Å². The van der Waals surface area contributed by atoms with Crippen LogP contribution in [-0.4, -0.2) is 23.0 Å². The van der Waals surface area contributed by atoms with Crippen molar-refractivity contribution in [2.45, 2.75) is 26.3 Å². The first-order valence-corrected chi connectivity index (χ1v) is 6.12. The van der Waals surface area contributed by atoms with E-state index in [9.17, 15) is 14.7 Å². The molecule has 1 aliphatic rings. The van der Waals surface area contributed by atoms with E-state index in [4.69, 9.17) is 0 Å². The summed E-state index contributed by atoms with van der Waals surface area (Å²) in [6, 6.07) is 8.93. The van der Waals surface area contributed by atoms with Crippen LogP contribution in [0.1, 0.15) is 20.3 Å². The molecule has 0 bridgehead atoms. The molecule has 0 spiro atoms. The van der Waals surface area contributed by atoms with Gasteiger partial charge in [0.1, 0.15) is 0 Å². The normalized spacial score (nSPS) is 28.2. The number of aliphatic carboxylic acids is 1. The summed E-state index contributed by atoms with van der Waals surface area (Å²) in [5.41, 5.74) is 0.771. The van der Waals surface area contributed by atoms with E-state index >= 15 is 0 Å². The van der Waals surface area contributed by atoms with Gasteiger partial charge in [-0.3, -0.25) is 9.59 Å². The van der Waals surface area contributed by atoms with Crippen molar-refractivity contribution in [2.24, 2.45) is 11.8 Å². The van der Waals surface area contributed by atoms with E-state index in [1.807, 2.05) is 37.3 Å². The smallest absolute Gasteiger partial charge is 0.308 e. The highest BCUT2D eigenvalue weighted by molar-refractivity contribution is 5.96. The van der Waals surface area contributed by atoms with Crippen LogP contribution in [0.15, 0.2) is 30.3 Å². The number of hydrogen-bond acceptors (Lipinski definition) is 2. The Hall–Kier alpha value is -1.84. The average Bonchev–Trinajstić information content (AvgIpc) is 2.28. The van der Waals surface area contributed by atoms with Gasteiger partial charge in [0, 0.05) is 18.2 Å². The first-order chi connectivity index (χ1) is 8.52. The number of para-hydroxylation sites is 1. The molecule has 2 rings (SSSR count). The molecule has 0 radical (unpaired) electrons. The van der Waals surface area contributed by atoms with Crippen LogP contribution in [0.2, 0.25) is 0 Å². The lowest BCUT2D eigenvalue weighted by atomic mass is 9.81. The monoisotopic (exact) mass is 247 g/mol. The van der Waals surface area contributed by atoms with Gasteiger partial charge in [0.15, 0.2) is 0 Å². The zero-order valence-electron chi connectivity index (χ0n) is 10.5. The fourth-order valence-corrected chi connectivity index (χ4v) is 2.78. The van der Waals surface area contributed by atoms with Crippen LogP contribution in [-0.2, 0) is 9.59 Å². The van der Waals surface area contributed by atoms with Crippen molar-refractivity contribution in [3.63, 3.8) is 0 Å². The van der Waals surface area contributed by atoms with Crippen molar-refractivity contribution < 1.29 is 14.7 Å². The third-order valence-electron chi connectivity index (χ3n) is 3.62. The Morgan fingerprint density at radius 3 is 2.44 bits per heavy atom. The second kappa shape index (κ2) is 4.80. The van der Waals surface area contributed by atoms with E-state index in [1.165, 1.54) is 0 Å². The third-order valence-corrected chi connectivity index (χ3v) is 3.62. The SMILES string of the molecule is CC1CC(=O)N(c2ccccc2)C(C)C1C(=O)O. The fraction of sp³-hybridized carbons (Fsp3) is 0.429. The molecule has 1 amide bonds. The Morgan fingerprint density at radius 2 is 1.89 bits per heavy atom. The summed E-state index contributed by atoms with van der Waals surface area (Å²) in [6.07, 6.45) is 0.288. The maximum Gasteiger partial charge on any atom is 0.308 e. The number of rotatable bonds is 2. The minimum absolute atomic E-state index is 0.00120. The molecule has 3 unspecified atom stereocenters. The van der Waals surface area contributed by atoms with Crippen LogP contribution in [0.3, 0.4) is 0 Å². The second-order valence-corrected chi connectivity index (χ2v) is 4.89.